The van der Waals surface area contributed by atoms with Crippen molar-refractivity contribution in [2.45, 2.75) is 82.8 Å². The van der Waals surface area contributed by atoms with E-state index >= 15 is 0 Å². The SMILES string of the molecule is OCCCCCC[C@@H](O)[C@H](O)CCCCCCCBr. The summed E-state index contributed by atoms with van der Waals surface area (Å²) in [5.41, 5.74) is 0. The van der Waals surface area contributed by atoms with E-state index in [0.717, 1.165) is 43.9 Å². The van der Waals surface area contributed by atoms with Crippen molar-refractivity contribution in [1.82, 2.24) is 0 Å². The van der Waals surface area contributed by atoms with Crippen molar-refractivity contribution >= 4 is 15.9 Å². The van der Waals surface area contributed by atoms with Crippen LogP contribution in [0.4, 0.5) is 0 Å². The van der Waals surface area contributed by atoms with Crippen molar-refractivity contribution < 1.29 is 15.3 Å². The molecule has 0 amide bonds. The highest BCUT2D eigenvalue weighted by molar-refractivity contribution is 9.09. The molecule has 0 fully saturated rings. The molecule has 3 N–H and O–H groups in total. The lowest BCUT2D eigenvalue weighted by Gasteiger charge is -2.17. The highest BCUT2D eigenvalue weighted by Crippen LogP contribution is 2.14. The molecule has 0 radical (unpaired) electrons. The summed E-state index contributed by atoms with van der Waals surface area (Å²) in [4.78, 5) is 0. The van der Waals surface area contributed by atoms with Gasteiger partial charge in [-0.25, -0.2) is 0 Å². The van der Waals surface area contributed by atoms with E-state index in [1.165, 1.54) is 19.3 Å². The fourth-order valence-electron chi connectivity index (χ4n) is 2.18. The summed E-state index contributed by atoms with van der Waals surface area (Å²) in [6.45, 7) is 0.250. The largest absolute Gasteiger partial charge is 0.396 e. The fourth-order valence-corrected chi connectivity index (χ4v) is 2.58. The Morgan fingerprint density at radius 2 is 1.05 bits per heavy atom. The van der Waals surface area contributed by atoms with Crippen molar-refractivity contribution in [1.29, 1.82) is 0 Å². The van der Waals surface area contributed by atoms with E-state index in [1.807, 2.05) is 0 Å². The van der Waals surface area contributed by atoms with Crippen LogP contribution in [-0.4, -0.2) is 39.5 Å². The molecular weight excluding hydrogens is 308 g/mol. The first-order chi connectivity index (χ1) is 9.22. The van der Waals surface area contributed by atoms with Crippen LogP contribution in [0.3, 0.4) is 0 Å². The van der Waals surface area contributed by atoms with Gasteiger partial charge < -0.3 is 15.3 Å². The maximum absolute atomic E-state index is 9.83. The minimum absolute atomic E-state index is 0.250. The zero-order valence-corrected chi connectivity index (χ0v) is 13.7. The van der Waals surface area contributed by atoms with Crippen molar-refractivity contribution in [3.05, 3.63) is 0 Å². The van der Waals surface area contributed by atoms with E-state index in [1.54, 1.807) is 0 Å². The van der Waals surface area contributed by atoms with Gasteiger partial charge in [0.1, 0.15) is 0 Å². The van der Waals surface area contributed by atoms with Crippen LogP contribution in [0, 0.1) is 0 Å². The molecule has 0 saturated heterocycles. The van der Waals surface area contributed by atoms with Crippen molar-refractivity contribution in [2.75, 3.05) is 11.9 Å². The molecule has 0 saturated carbocycles. The zero-order valence-electron chi connectivity index (χ0n) is 12.1. The second kappa shape index (κ2) is 14.8. The Morgan fingerprint density at radius 3 is 1.53 bits per heavy atom. The minimum atomic E-state index is -0.573. The van der Waals surface area contributed by atoms with Crippen molar-refractivity contribution in [3.8, 4) is 0 Å². The van der Waals surface area contributed by atoms with Gasteiger partial charge >= 0.3 is 0 Å². The Morgan fingerprint density at radius 1 is 0.632 bits per heavy atom. The van der Waals surface area contributed by atoms with Gasteiger partial charge in [0.25, 0.3) is 0 Å². The predicted octanol–water partition coefficient (Wildman–Crippen LogP) is 3.39. The molecule has 0 spiro atoms. The molecule has 0 aromatic heterocycles. The molecule has 0 aliphatic carbocycles. The predicted molar refractivity (Wildman–Crippen MR) is 83.7 cm³/mol. The lowest BCUT2D eigenvalue weighted by atomic mass is 10.0. The lowest BCUT2D eigenvalue weighted by molar-refractivity contribution is 0.00709. The van der Waals surface area contributed by atoms with Gasteiger partial charge in [-0.1, -0.05) is 60.9 Å². The van der Waals surface area contributed by atoms with E-state index in [2.05, 4.69) is 15.9 Å². The van der Waals surface area contributed by atoms with Gasteiger partial charge in [-0.3, -0.25) is 0 Å². The van der Waals surface area contributed by atoms with Gasteiger partial charge in [0.15, 0.2) is 0 Å². The normalized spacial score (nSPS) is 14.5. The van der Waals surface area contributed by atoms with Crippen LogP contribution in [0.1, 0.15) is 70.6 Å². The third-order valence-electron chi connectivity index (χ3n) is 3.49. The summed E-state index contributed by atoms with van der Waals surface area (Å²) >= 11 is 3.41. The van der Waals surface area contributed by atoms with Gasteiger partial charge in [0.05, 0.1) is 12.2 Å². The molecule has 3 nitrogen and oxygen atoms in total. The number of hydrogen-bond acceptors (Lipinski definition) is 3. The van der Waals surface area contributed by atoms with Gasteiger partial charge in [0.2, 0.25) is 0 Å². The average Bonchev–Trinajstić information content (AvgIpc) is 2.42. The molecule has 116 valence electrons. The average molecular weight is 339 g/mol. The number of halogens is 1. The van der Waals surface area contributed by atoms with Gasteiger partial charge in [-0.15, -0.1) is 0 Å². The molecule has 0 rings (SSSR count). The lowest BCUT2D eigenvalue weighted by Crippen LogP contribution is -2.25. The molecule has 0 aliphatic heterocycles. The Hall–Kier alpha value is 0.360. The Balaban J connectivity index is 3.35. The molecule has 0 aliphatic rings. The second-order valence-electron chi connectivity index (χ2n) is 5.31. The van der Waals surface area contributed by atoms with E-state index in [0.29, 0.717) is 12.8 Å². The van der Waals surface area contributed by atoms with Crippen LogP contribution in [0.15, 0.2) is 0 Å². The first-order valence-electron chi connectivity index (χ1n) is 7.75. The molecule has 0 unspecified atom stereocenters. The van der Waals surface area contributed by atoms with Gasteiger partial charge in [-0.05, 0) is 25.7 Å². The quantitative estimate of drug-likeness (QED) is 0.336. The number of aliphatic hydroxyl groups excluding tert-OH is 3. The van der Waals surface area contributed by atoms with Gasteiger partial charge in [0, 0.05) is 11.9 Å². The fraction of sp³-hybridized carbons (Fsp3) is 1.00. The highest BCUT2D eigenvalue weighted by Gasteiger charge is 2.14. The highest BCUT2D eigenvalue weighted by atomic mass is 79.9. The first-order valence-corrected chi connectivity index (χ1v) is 8.87. The van der Waals surface area contributed by atoms with Crippen molar-refractivity contribution in [3.63, 3.8) is 0 Å². The van der Waals surface area contributed by atoms with Gasteiger partial charge in [-0.2, -0.15) is 0 Å². The number of alkyl halides is 1. The van der Waals surface area contributed by atoms with E-state index in [4.69, 9.17) is 5.11 Å². The first kappa shape index (κ1) is 19.4. The Labute approximate surface area is 126 Å². The molecule has 0 bridgehead atoms. The summed E-state index contributed by atoms with van der Waals surface area (Å²) in [6, 6.07) is 0. The van der Waals surface area contributed by atoms with Crippen LogP contribution in [-0.2, 0) is 0 Å². The molecule has 0 heterocycles. The van der Waals surface area contributed by atoms with E-state index < -0.39 is 12.2 Å². The molecule has 19 heavy (non-hydrogen) atoms. The number of hydrogen-bond donors (Lipinski definition) is 3. The molecule has 2 atom stereocenters. The minimum Gasteiger partial charge on any atom is -0.396 e. The Bertz CT molecular complexity index is 179. The Kier molecular flexibility index (Phi) is 15.0. The summed E-state index contributed by atoms with van der Waals surface area (Å²) in [7, 11) is 0. The molecule has 0 aromatic carbocycles. The van der Waals surface area contributed by atoms with Crippen molar-refractivity contribution in [2.24, 2.45) is 0 Å². The number of aliphatic hydroxyl groups is 3. The maximum Gasteiger partial charge on any atom is 0.0799 e. The number of unbranched alkanes of at least 4 members (excludes halogenated alkanes) is 7. The summed E-state index contributed by atoms with van der Waals surface area (Å²) in [5.74, 6) is 0. The smallest absolute Gasteiger partial charge is 0.0799 e. The second-order valence-corrected chi connectivity index (χ2v) is 6.10. The van der Waals surface area contributed by atoms with E-state index in [-0.39, 0.29) is 6.61 Å². The third kappa shape index (κ3) is 13.1. The number of rotatable bonds is 14. The topological polar surface area (TPSA) is 60.7 Å². The monoisotopic (exact) mass is 338 g/mol. The van der Waals surface area contributed by atoms with Crippen LogP contribution >= 0.6 is 15.9 Å². The standard InChI is InChI=1S/C15H31BrO3/c16-12-8-4-1-2-6-10-14(18)15(19)11-7-3-5-9-13-17/h14-15,17-19H,1-13H2/t14-,15-/m1/s1. The van der Waals surface area contributed by atoms with Crippen LogP contribution in [0.2, 0.25) is 0 Å². The summed E-state index contributed by atoms with van der Waals surface area (Å²) < 4.78 is 0. The molecule has 4 heteroatoms. The van der Waals surface area contributed by atoms with Crippen LogP contribution < -0.4 is 0 Å². The van der Waals surface area contributed by atoms with E-state index in [9.17, 15) is 10.2 Å². The van der Waals surface area contributed by atoms with Crippen LogP contribution in [0.5, 0.6) is 0 Å². The molecular formula is C15H31BrO3. The summed E-state index contributed by atoms with van der Waals surface area (Å²) in [5, 5.41) is 29.4. The molecule has 0 aromatic rings. The van der Waals surface area contributed by atoms with Crippen LogP contribution in [0.25, 0.3) is 0 Å². The zero-order chi connectivity index (χ0) is 14.3. The summed E-state index contributed by atoms with van der Waals surface area (Å²) in [6.07, 6.45) is 9.90. The maximum atomic E-state index is 9.83. The third-order valence-corrected chi connectivity index (χ3v) is 4.05.